The zero-order valence-electron chi connectivity index (χ0n) is 31.8. The van der Waals surface area contributed by atoms with Gasteiger partial charge in [-0.1, -0.05) is 0 Å². The van der Waals surface area contributed by atoms with E-state index in [1.165, 1.54) is 51.6 Å². The number of methoxy groups -OCH3 is 1. The molecule has 0 saturated carbocycles. The highest BCUT2D eigenvalue weighted by atomic mass is 19.2. The van der Waals surface area contributed by atoms with Crippen molar-refractivity contribution >= 4 is 29.3 Å². The smallest absolute Gasteiger partial charge is 0.351 e. The van der Waals surface area contributed by atoms with E-state index in [0.717, 1.165) is 15.3 Å². The number of amides is 2. The first-order valence-corrected chi connectivity index (χ1v) is 17.6. The normalized spacial score (nSPS) is 30.7. The van der Waals surface area contributed by atoms with E-state index in [4.69, 9.17) is 40.1 Å². The Hall–Kier alpha value is -5.21. The number of nitrogen functional groups attached to an aromatic ring is 1. The molecule has 28 heteroatoms. The lowest BCUT2D eigenvalue weighted by molar-refractivity contribution is -0.197. The standard InChI is InChI=1S/C12H17N3O6.C11H14FN3O6.C9H14N4O5/c1-6(17)13-8-3-4-15(12(19)14-8)11-10(20-2)9(18)7(5-16)21-11;1-5(17)13-7-2-3-15(10(19)14-7)9-11(12,20)8(18)6(4-16)21-9;10-12-5-1-2-13(9(17)11-5)8-7(16)6(15)4(3-14)18-8/h3-4,7,9-11,16,18H,5H2,1-2H3,(H,13,14,17,19);2-3,6,8-9,16,18,20H,4H2,1H3,(H,13,14,17,19);1-2,4,6-8,14-16H,3,10H2,(H,11,12,17)/t7-,9-,10-,11-;6-,8-,9-,11-;4-,6-,7-,8-/m111/s1. The summed E-state index contributed by atoms with van der Waals surface area (Å²) in [4.78, 5) is 68.0. The molecule has 13 N–H and O–H groups in total. The Morgan fingerprint density at radius 2 is 1.17 bits per heavy atom. The molecular weight excluding hydrogens is 815 g/mol. The van der Waals surface area contributed by atoms with Gasteiger partial charge in [0.2, 0.25) is 11.8 Å². The summed E-state index contributed by atoms with van der Waals surface area (Å²) in [6, 6.07) is 4.04. The fraction of sp³-hybridized carbons (Fsp3) is 0.562. The number of hydrogen-bond donors (Lipinski definition) is 12. The summed E-state index contributed by atoms with van der Waals surface area (Å²) in [6.07, 6.45) is -9.77. The van der Waals surface area contributed by atoms with Gasteiger partial charge in [0.15, 0.2) is 18.7 Å². The van der Waals surface area contributed by atoms with Crippen LogP contribution in [0, 0.1) is 0 Å². The van der Waals surface area contributed by atoms with Crippen molar-refractivity contribution in [3.8, 4) is 0 Å². The highest BCUT2D eigenvalue weighted by Crippen LogP contribution is 2.38. The minimum absolute atomic E-state index is 0.0524. The third-order valence-electron chi connectivity index (χ3n) is 8.93. The lowest BCUT2D eigenvalue weighted by atomic mass is 10.1. The van der Waals surface area contributed by atoms with Gasteiger partial charge in [-0.2, -0.15) is 15.0 Å². The molecule has 6 rings (SSSR count). The summed E-state index contributed by atoms with van der Waals surface area (Å²) < 4.78 is 37.6. The second kappa shape index (κ2) is 20.4. The van der Waals surface area contributed by atoms with E-state index in [1.54, 1.807) is 0 Å². The Kier molecular flexibility index (Phi) is 16.1. The average Bonchev–Trinajstić information content (AvgIpc) is 3.76. The molecule has 0 aromatic carbocycles. The van der Waals surface area contributed by atoms with E-state index in [-0.39, 0.29) is 23.4 Å². The van der Waals surface area contributed by atoms with Crippen LogP contribution in [0.5, 0.6) is 0 Å². The lowest BCUT2D eigenvalue weighted by Crippen LogP contribution is -2.45. The van der Waals surface area contributed by atoms with Gasteiger partial charge in [-0.3, -0.25) is 23.3 Å². The SMILES string of the molecule is CC(=O)Nc1ccn([C@@H]2O[C@H](CO)[C@@H](O)[C@]2(O)F)c(=O)n1.CO[C@@H]1[C@H](O)[C@@H](CO)O[C@H]1n1ccc(NC(C)=O)nc1=O.NNc1ccn([C@@H]2O[C@H](CO)[C@@H](O)[C@H]2O)c(=O)n1. The van der Waals surface area contributed by atoms with E-state index < -0.39 is 116 Å². The van der Waals surface area contributed by atoms with Gasteiger partial charge in [-0.25, -0.2) is 24.6 Å². The fourth-order valence-corrected chi connectivity index (χ4v) is 5.99. The number of carbonyl (C=O) groups excluding carboxylic acids is 2. The number of nitrogens with two attached hydrogens (primary N) is 1. The molecule has 0 aliphatic carbocycles. The van der Waals surface area contributed by atoms with E-state index >= 15 is 0 Å². The summed E-state index contributed by atoms with van der Waals surface area (Å²) in [5, 5.41) is 80.1. The van der Waals surface area contributed by atoms with Gasteiger partial charge in [-0.15, -0.1) is 0 Å². The van der Waals surface area contributed by atoms with Crippen molar-refractivity contribution in [3.05, 3.63) is 68.2 Å². The molecule has 6 heterocycles. The minimum Gasteiger partial charge on any atom is -0.394 e. The van der Waals surface area contributed by atoms with E-state index in [0.29, 0.717) is 4.57 Å². The molecule has 0 unspecified atom stereocenters. The van der Waals surface area contributed by atoms with Gasteiger partial charge in [0, 0.05) is 39.5 Å². The first kappa shape index (κ1) is 47.5. The second-order valence-corrected chi connectivity index (χ2v) is 13.1. The van der Waals surface area contributed by atoms with Crippen molar-refractivity contribution in [2.45, 2.75) is 87.2 Å². The second-order valence-electron chi connectivity index (χ2n) is 13.1. The number of aliphatic hydroxyl groups is 8. The van der Waals surface area contributed by atoms with E-state index in [9.17, 15) is 53.9 Å². The zero-order valence-corrected chi connectivity index (χ0v) is 31.8. The molecule has 332 valence electrons. The summed E-state index contributed by atoms with van der Waals surface area (Å²) in [7, 11) is 1.37. The van der Waals surface area contributed by atoms with Crippen molar-refractivity contribution in [2.75, 3.05) is 43.0 Å². The molecule has 3 saturated heterocycles. The topological polar surface area (TPSA) is 400 Å². The van der Waals surface area contributed by atoms with Gasteiger partial charge >= 0.3 is 17.1 Å². The van der Waals surface area contributed by atoms with Gasteiger partial charge in [0.05, 0.1) is 19.8 Å². The number of hydrogen-bond acceptors (Lipinski definition) is 22. The maximum Gasteiger partial charge on any atom is 0.351 e. The van der Waals surface area contributed by atoms with Crippen LogP contribution in [0.4, 0.5) is 21.8 Å². The zero-order chi connectivity index (χ0) is 44.6. The van der Waals surface area contributed by atoms with Gasteiger partial charge in [-0.05, 0) is 18.2 Å². The van der Waals surface area contributed by atoms with Crippen LogP contribution < -0.4 is 39.0 Å². The third-order valence-corrected chi connectivity index (χ3v) is 8.93. The van der Waals surface area contributed by atoms with Gasteiger partial charge in [0.1, 0.15) is 66.3 Å². The predicted octanol–water partition coefficient (Wildman–Crippen LogP) is -6.28. The number of carbonyl (C=O) groups is 2. The lowest BCUT2D eigenvalue weighted by Gasteiger charge is -2.23. The van der Waals surface area contributed by atoms with Crippen LogP contribution in [0.3, 0.4) is 0 Å². The highest BCUT2D eigenvalue weighted by Gasteiger charge is 2.57. The molecule has 60 heavy (non-hydrogen) atoms. The summed E-state index contributed by atoms with van der Waals surface area (Å²) in [6.45, 7) is 0.922. The molecule has 3 aliphatic rings. The Morgan fingerprint density at radius 1 is 0.733 bits per heavy atom. The highest BCUT2D eigenvalue weighted by molar-refractivity contribution is 5.87. The largest absolute Gasteiger partial charge is 0.394 e. The average molecular weight is 861 g/mol. The van der Waals surface area contributed by atoms with Gasteiger partial charge in [0.25, 0.3) is 5.85 Å². The van der Waals surface area contributed by atoms with Crippen LogP contribution in [-0.4, -0.2) is 163 Å². The Bertz CT molecular complexity index is 2120. The minimum atomic E-state index is -3.27. The van der Waals surface area contributed by atoms with Crippen LogP contribution in [0.15, 0.2) is 51.2 Å². The van der Waals surface area contributed by atoms with Crippen molar-refractivity contribution in [3.63, 3.8) is 0 Å². The Morgan fingerprint density at radius 3 is 1.58 bits per heavy atom. The van der Waals surface area contributed by atoms with E-state index in [1.807, 2.05) is 0 Å². The summed E-state index contributed by atoms with van der Waals surface area (Å²) >= 11 is 0. The quantitative estimate of drug-likeness (QED) is 0.0666. The number of halogens is 1. The number of ether oxygens (including phenoxy) is 4. The molecular formula is C32H45FN10O17. The first-order chi connectivity index (χ1) is 28.3. The number of alkyl halides is 1. The van der Waals surface area contributed by atoms with Crippen molar-refractivity contribution < 1.29 is 73.8 Å². The van der Waals surface area contributed by atoms with Crippen molar-refractivity contribution in [1.29, 1.82) is 0 Å². The molecule has 0 radical (unpaired) electrons. The van der Waals surface area contributed by atoms with Crippen LogP contribution in [0.25, 0.3) is 0 Å². The number of rotatable bonds is 10. The van der Waals surface area contributed by atoms with Crippen molar-refractivity contribution in [2.24, 2.45) is 5.84 Å². The first-order valence-electron chi connectivity index (χ1n) is 17.6. The Balaban J connectivity index is 0.000000199. The fourth-order valence-electron chi connectivity index (χ4n) is 5.99. The maximum atomic E-state index is 14.1. The van der Waals surface area contributed by atoms with Crippen LogP contribution in [-0.2, 0) is 28.5 Å². The molecule has 0 bridgehead atoms. The van der Waals surface area contributed by atoms with Crippen LogP contribution in [0.2, 0.25) is 0 Å². The van der Waals surface area contributed by atoms with Crippen LogP contribution in [0.1, 0.15) is 32.5 Å². The van der Waals surface area contributed by atoms with E-state index in [2.05, 4.69) is 31.0 Å². The summed E-state index contributed by atoms with van der Waals surface area (Å²) in [5.74, 6) is 1.27. The number of nitrogens with one attached hydrogen (secondary N) is 3. The molecule has 12 atom stereocenters. The molecule has 3 aromatic heterocycles. The molecule has 3 aliphatic heterocycles. The maximum absolute atomic E-state index is 14.1. The molecule has 0 spiro atoms. The van der Waals surface area contributed by atoms with Crippen molar-refractivity contribution in [1.82, 2.24) is 28.7 Å². The molecule has 2 amide bonds. The molecule has 3 aromatic rings. The number of hydrazine groups is 1. The number of aliphatic hydroxyl groups excluding tert-OH is 7. The summed E-state index contributed by atoms with van der Waals surface area (Å²) in [5.41, 5.74) is -0.160. The van der Waals surface area contributed by atoms with Crippen LogP contribution >= 0.6 is 0 Å². The third kappa shape index (κ3) is 10.6. The number of nitrogens with zero attached hydrogens (tertiary/aromatic N) is 6. The number of anilines is 3. The number of aromatic nitrogens is 6. The monoisotopic (exact) mass is 860 g/mol. The predicted molar refractivity (Wildman–Crippen MR) is 196 cm³/mol. The molecule has 3 fully saturated rings. The van der Waals surface area contributed by atoms with Gasteiger partial charge < -0.3 is 75.9 Å². The Labute approximate surface area is 336 Å². The molecule has 27 nitrogen and oxygen atoms in total.